The topological polar surface area (TPSA) is 103 Å². The van der Waals surface area contributed by atoms with Gasteiger partial charge in [-0.25, -0.2) is 14.9 Å². The highest BCUT2D eigenvalue weighted by Crippen LogP contribution is 2.36. The van der Waals surface area contributed by atoms with Gasteiger partial charge in [-0.2, -0.15) is 0 Å². The Kier molecular flexibility index (Phi) is 2.78. The minimum absolute atomic E-state index is 0.148. The number of nitrogens with one attached hydrogen (secondary N) is 1. The molecule has 4 rings (SSSR count). The zero-order valence-electron chi connectivity index (χ0n) is 11.1. The average molecular weight is 303 g/mol. The van der Waals surface area contributed by atoms with Crippen molar-refractivity contribution in [2.24, 2.45) is 0 Å². The van der Waals surface area contributed by atoms with Crippen LogP contribution in [0.15, 0.2) is 32.6 Å². The van der Waals surface area contributed by atoms with Gasteiger partial charge >= 0.3 is 5.69 Å². The van der Waals surface area contributed by atoms with Crippen molar-refractivity contribution in [2.45, 2.75) is 29.8 Å². The Morgan fingerprint density at radius 3 is 3.14 bits per heavy atom. The van der Waals surface area contributed by atoms with E-state index in [1.165, 1.54) is 11.8 Å². The molecular weight excluding hydrogens is 290 g/mol. The average Bonchev–Trinajstić information content (AvgIpc) is 3.10. The molecule has 3 N–H and O–H groups in total. The molecule has 21 heavy (non-hydrogen) atoms. The molecule has 0 unspecified atom stereocenters. The third-order valence-electron chi connectivity index (χ3n) is 3.37. The van der Waals surface area contributed by atoms with E-state index in [1.54, 1.807) is 16.7 Å². The molecule has 1 aromatic carbocycles. The van der Waals surface area contributed by atoms with Crippen LogP contribution in [0.3, 0.4) is 0 Å². The van der Waals surface area contributed by atoms with Crippen LogP contribution in [0, 0.1) is 0 Å². The zero-order valence-corrected chi connectivity index (χ0v) is 11.9. The lowest BCUT2D eigenvalue weighted by Gasteiger charge is -2.00. The summed E-state index contributed by atoms with van der Waals surface area (Å²) in [7, 11) is 0. The molecule has 1 aliphatic rings. The van der Waals surface area contributed by atoms with Gasteiger partial charge in [-0.3, -0.25) is 4.57 Å². The van der Waals surface area contributed by atoms with Crippen molar-refractivity contribution in [3.05, 3.63) is 34.6 Å². The first-order valence-electron chi connectivity index (χ1n) is 6.65. The molecular formula is C13H13N5O2S. The van der Waals surface area contributed by atoms with Gasteiger partial charge in [0, 0.05) is 17.8 Å². The Morgan fingerprint density at radius 1 is 1.48 bits per heavy atom. The van der Waals surface area contributed by atoms with Gasteiger partial charge in [0.1, 0.15) is 5.52 Å². The number of thioether (sulfide) groups is 1. The molecule has 1 fully saturated rings. The maximum atomic E-state index is 11.7. The lowest BCUT2D eigenvalue weighted by Crippen LogP contribution is -2.16. The van der Waals surface area contributed by atoms with Crippen molar-refractivity contribution in [3.8, 4) is 0 Å². The predicted molar refractivity (Wildman–Crippen MR) is 79.1 cm³/mol. The van der Waals surface area contributed by atoms with Crippen LogP contribution in [0.25, 0.3) is 11.1 Å². The van der Waals surface area contributed by atoms with Gasteiger partial charge in [0.25, 0.3) is 0 Å². The minimum Gasteiger partial charge on any atom is -0.440 e. The number of H-pyrrole nitrogens is 1. The molecule has 8 heteroatoms. The fourth-order valence-electron chi connectivity index (χ4n) is 2.22. The summed E-state index contributed by atoms with van der Waals surface area (Å²) >= 11 is 1.44. The number of hydrogen-bond donors (Lipinski definition) is 2. The molecule has 1 saturated carbocycles. The van der Waals surface area contributed by atoms with Crippen LogP contribution in [0.4, 0.5) is 5.69 Å². The number of aromatic nitrogens is 4. The Bertz CT molecular complexity index is 861. The minimum atomic E-state index is -0.148. The van der Waals surface area contributed by atoms with Crippen LogP contribution in [-0.4, -0.2) is 19.7 Å². The molecule has 108 valence electrons. The first-order chi connectivity index (χ1) is 10.2. The summed E-state index contributed by atoms with van der Waals surface area (Å²) in [6, 6.07) is 5.67. The number of rotatable bonds is 4. The number of benzene rings is 1. The number of aromatic amines is 1. The van der Waals surface area contributed by atoms with Crippen LogP contribution < -0.4 is 11.4 Å². The lowest BCUT2D eigenvalue weighted by molar-refractivity contribution is 0.555. The van der Waals surface area contributed by atoms with Crippen LogP contribution in [0.1, 0.15) is 24.8 Å². The van der Waals surface area contributed by atoms with Gasteiger partial charge in [0.05, 0.1) is 5.75 Å². The van der Waals surface area contributed by atoms with E-state index in [-0.39, 0.29) is 5.69 Å². The van der Waals surface area contributed by atoms with Crippen molar-refractivity contribution in [1.82, 2.24) is 19.7 Å². The first-order valence-corrected chi connectivity index (χ1v) is 7.64. The van der Waals surface area contributed by atoms with Crippen LogP contribution in [0.5, 0.6) is 0 Å². The Morgan fingerprint density at radius 2 is 2.33 bits per heavy atom. The maximum Gasteiger partial charge on any atom is 0.344 e. The number of fused-ring (bicyclic) bond motifs is 1. The molecule has 3 aromatic rings. The van der Waals surface area contributed by atoms with E-state index >= 15 is 0 Å². The Labute approximate surface area is 123 Å². The molecule has 0 aliphatic heterocycles. The molecule has 0 radical (unpaired) electrons. The van der Waals surface area contributed by atoms with E-state index < -0.39 is 0 Å². The Hall–Kier alpha value is -2.22. The number of hydrogen-bond acceptors (Lipinski definition) is 6. The second-order valence-electron chi connectivity index (χ2n) is 5.04. The number of nitrogen functional groups attached to an aromatic ring is 1. The fourth-order valence-corrected chi connectivity index (χ4v) is 3.08. The van der Waals surface area contributed by atoms with Gasteiger partial charge in [-0.15, -0.1) is 5.10 Å². The van der Waals surface area contributed by atoms with Gasteiger partial charge in [0.2, 0.25) is 5.89 Å². The van der Waals surface area contributed by atoms with Crippen molar-refractivity contribution < 1.29 is 4.42 Å². The molecule has 0 amide bonds. The normalized spacial score (nSPS) is 14.9. The quantitative estimate of drug-likeness (QED) is 0.564. The maximum absolute atomic E-state index is 11.7. The van der Waals surface area contributed by atoms with E-state index in [2.05, 4.69) is 15.2 Å². The fraction of sp³-hybridized carbons (Fsp3) is 0.308. The summed E-state index contributed by atoms with van der Waals surface area (Å²) in [6.07, 6.45) is 2.07. The highest BCUT2D eigenvalue weighted by Gasteiger charge is 2.28. The SMILES string of the molecule is Nc1ccc2nc(CSc3n[nH]c(=O)n3C3CC3)oc2c1. The summed E-state index contributed by atoms with van der Waals surface area (Å²) < 4.78 is 7.37. The van der Waals surface area contributed by atoms with Gasteiger partial charge < -0.3 is 10.2 Å². The van der Waals surface area contributed by atoms with Crippen LogP contribution in [-0.2, 0) is 5.75 Å². The largest absolute Gasteiger partial charge is 0.440 e. The van der Waals surface area contributed by atoms with Gasteiger partial charge in [-0.05, 0) is 25.0 Å². The molecule has 0 atom stereocenters. The van der Waals surface area contributed by atoms with E-state index in [0.717, 1.165) is 18.4 Å². The lowest BCUT2D eigenvalue weighted by atomic mass is 10.3. The number of nitrogens with zero attached hydrogens (tertiary/aromatic N) is 3. The highest BCUT2D eigenvalue weighted by molar-refractivity contribution is 7.98. The smallest absolute Gasteiger partial charge is 0.344 e. The molecule has 2 heterocycles. The predicted octanol–water partition coefficient (Wildman–Crippen LogP) is 1.92. The van der Waals surface area contributed by atoms with Crippen molar-refractivity contribution in [3.63, 3.8) is 0 Å². The summed E-state index contributed by atoms with van der Waals surface area (Å²) in [6.45, 7) is 0. The summed E-state index contributed by atoms with van der Waals surface area (Å²) in [4.78, 5) is 16.1. The summed E-state index contributed by atoms with van der Waals surface area (Å²) in [5, 5.41) is 7.24. The highest BCUT2D eigenvalue weighted by atomic mass is 32.2. The Balaban J connectivity index is 1.57. The standard InChI is InChI=1S/C13H13N5O2S/c14-7-1-4-9-10(5-7)20-11(15-9)6-21-13-17-16-12(19)18(13)8-2-3-8/h1,4-5,8H,2-3,6,14H2,(H,16,19). The molecule has 1 aliphatic carbocycles. The monoisotopic (exact) mass is 303 g/mol. The summed E-state index contributed by atoms with van der Waals surface area (Å²) in [5.41, 5.74) is 7.67. The van der Waals surface area contributed by atoms with E-state index in [9.17, 15) is 4.79 Å². The van der Waals surface area contributed by atoms with E-state index in [1.807, 2.05) is 6.07 Å². The van der Waals surface area contributed by atoms with Crippen LogP contribution in [0.2, 0.25) is 0 Å². The van der Waals surface area contributed by atoms with Gasteiger partial charge in [-0.1, -0.05) is 11.8 Å². The third kappa shape index (κ3) is 2.31. The molecule has 2 aromatic heterocycles. The third-order valence-corrected chi connectivity index (χ3v) is 4.30. The van der Waals surface area contributed by atoms with Gasteiger partial charge in [0.15, 0.2) is 10.7 Å². The summed E-state index contributed by atoms with van der Waals surface area (Å²) in [5.74, 6) is 1.12. The van der Waals surface area contributed by atoms with Crippen molar-refractivity contribution in [1.29, 1.82) is 0 Å². The number of anilines is 1. The van der Waals surface area contributed by atoms with Crippen molar-refractivity contribution in [2.75, 3.05) is 5.73 Å². The second-order valence-corrected chi connectivity index (χ2v) is 5.98. The van der Waals surface area contributed by atoms with Crippen molar-refractivity contribution >= 4 is 28.5 Å². The zero-order chi connectivity index (χ0) is 14.4. The second kappa shape index (κ2) is 4.66. The number of nitrogens with two attached hydrogens (primary N) is 1. The first kappa shape index (κ1) is 12.5. The van der Waals surface area contributed by atoms with E-state index in [0.29, 0.717) is 34.1 Å². The molecule has 7 nitrogen and oxygen atoms in total. The molecule has 0 spiro atoms. The molecule has 0 bridgehead atoms. The molecule has 0 saturated heterocycles. The van der Waals surface area contributed by atoms with E-state index in [4.69, 9.17) is 10.2 Å². The number of oxazole rings is 1. The van der Waals surface area contributed by atoms with Crippen LogP contribution >= 0.6 is 11.8 Å².